The van der Waals surface area contributed by atoms with Crippen LogP contribution in [0.3, 0.4) is 0 Å². The maximum atomic E-state index is 11.8. The molecule has 0 fully saturated rings. The SMILES string of the molecule is O=S(=O)(CCCc1ccccc1)NCCc1cncs1. The van der Waals surface area contributed by atoms with Gasteiger partial charge >= 0.3 is 0 Å². The molecule has 1 aromatic carbocycles. The maximum absolute atomic E-state index is 11.8. The van der Waals surface area contributed by atoms with E-state index >= 15 is 0 Å². The van der Waals surface area contributed by atoms with Crippen molar-refractivity contribution in [2.45, 2.75) is 19.3 Å². The van der Waals surface area contributed by atoms with Crippen molar-refractivity contribution in [1.82, 2.24) is 9.71 Å². The third-order valence-corrected chi connectivity index (χ3v) is 5.21. The van der Waals surface area contributed by atoms with Crippen molar-refractivity contribution in [3.63, 3.8) is 0 Å². The number of hydrogen-bond acceptors (Lipinski definition) is 4. The molecule has 1 aromatic heterocycles. The lowest BCUT2D eigenvalue weighted by atomic mass is 10.1. The lowest BCUT2D eigenvalue weighted by molar-refractivity contribution is 0.579. The quantitative estimate of drug-likeness (QED) is 0.813. The summed E-state index contributed by atoms with van der Waals surface area (Å²) in [7, 11) is -3.17. The van der Waals surface area contributed by atoms with E-state index in [1.54, 1.807) is 23.0 Å². The summed E-state index contributed by atoms with van der Waals surface area (Å²) in [6, 6.07) is 9.93. The Kier molecular flexibility index (Phi) is 5.70. The van der Waals surface area contributed by atoms with Crippen LogP contribution < -0.4 is 4.72 Å². The Balaban J connectivity index is 1.68. The molecule has 0 radical (unpaired) electrons. The van der Waals surface area contributed by atoms with Crippen LogP contribution in [0.4, 0.5) is 0 Å². The first-order valence-electron chi connectivity index (χ1n) is 6.54. The molecule has 4 nitrogen and oxygen atoms in total. The first-order valence-corrected chi connectivity index (χ1v) is 9.07. The summed E-state index contributed by atoms with van der Waals surface area (Å²) in [5, 5.41) is 0. The minimum atomic E-state index is -3.17. The van der Waals surface area contributed by atoms with E-state index in [4.69, 9.17) is 0 Å². The van der Waals surface area contributed by atoms with Gasteiger partial charge in [0.2, 0.25) is 10.0 Å². The zero-order valence-electron chi connectivity index (χ0n) is 11.2. The summed E-state index contributed by atoms with van der Waals surface area (Å²) in [6.45, 7) is 0.440. The number of rotatable bonds is 8. The van der Waals surface area contributed by atoms with Gasteiger partial charge in [0, 0.05) is 17.6 Å². The minimum absolute atomic E-state index is 0.171. The van der Waals surface area contributed by atoms with Crippen molar-refractivity contribution in [2.75, 3.05) is 12.3 Å². The lowest BCUT2D eigenvalue weighted by Gasteiger charge is -2.06. The fraction of sp³-hybridized carbons (Fsp3) is 0.357. The highest BCUT2D eigenvalue weighted by Crippen LogP contribution is 2.06. The topological polar surface area (TPSA) is 59.1 Å². The molecule has 1 N–H and O–H groups in total. The molecule has 2 rings (SSSR count). The molecule has 20 heavy (non-hydrogen) atoms. The molecule has 0 bridgehead atoms. The highest BCUT2D eigenvalue weighted by Gasteiger charge is 2.09. The summed E-state index contributed by atoms with van der Waals surface area (Å²) in [6.07, 6.45) is 3.90. The van der Waals surface area contributed by atoms with Gasteiger partial charge in [-0.2, -0.15) is 0 Å². The van der Waals surface area contributed by atoms with Crippen molar-refractivity contribution < 1.29 is 8.42 Å². The summed E-state index contributed by atoms with van der Waals surface area (Å²) in [5.74, 6) is 0.171. The Labute approximate surface area is 123 Å². The number of hydrogen-bond donors (Lipinski definition) is 1. The van der Waals surface area contributed by atoms with Gasteiger partial charge in [0.15, 0.2) is 0 Å². The van der Waals surface area contributed by atoms with Crippen LogP contribution in [-0.2, 0) is 22.9 Å². The van der Waals surface area contributed by atoms with E-state index in [2.05, 4.69) is 9.71 Å². The first-order chi connectivity index (χ1) is 9.66. The Morgan fingerprint density at radius 1 is 1.15 bits per heavy atom. The molecule has 2 aromatic rings. The van der Waals surface area contributed by atoms with E-state index in [1.807, 2.05) is 30.3 Å². The molecule has 6 heteroatoms. The molecule has 0 amide bonds. The highest BCUT2D eigenvalue weighted by atomic mass is 32.2. The molecule has 0 aliphatic rings. The Hall–Kier alpha value is -1.24. The molecule has 0 aliphatic carbocycles. The monoisotopic (exact) mass is 310 g/mol. The van der Waals surface area contributed by atoms with Gasteiger partial charge in [-0.3, -0.25) is 4.98 Å². The number of benzene rings is 1. The van der Waals surface area contributed by atoms with Gasteiger partial charge in [-0.15, -0.1) is 11.3 Å². The van der Waals surface area contributed by atoms with Crippen LogP contribution in [0.2, 0.25) is 0 Å². The maximum Gasteiger partial charge on any atom is 0.211 e. The molecule has 0 aliphatic heterocycles. The zero-order chi connectivity index (χ0) is 14.3. The fourth-order valence-electron chi connectivity index (χ4n) is 1.88. The van der Waals surface area contributed by atoms with Crippen LogP contribution in [0.15, 0.2) is 42.0 Å². The van der Waals surface area contributed by atoms with Gasteiger partial charge in [-0.05, 0) is 24.8 Å². The standard InChI is InChI=1S/C14H18N2O2S2/c17-20(18,16-9-8-14-11-15-12-19-14)10-4-7-13-5-2-1-3-6-13/h1-3,5-6,11-12,16H,4,7-10H2. The van der Waals surface area contributed by atoms with Crippen LogP contribution in [0.5, 0.6) is 0 Å². The molecule has 108 valence electrons. The van der Waals surface area contributed by atoms with Crippen molar-refractivity contribution in [3.05, 3.63) is 52.5 Å². The predicted molar refractivity (Wildman–Crippen MR) is 82.4 cm³/mol. The van der Waals surface area contributed by atoms with Crippen LogP contribution >= 0.6 is 11.3 Å². The van der Waals surface area contributed by atoms with Gasteiger partial charge in [0.25, 0.3) is 0 Å². The predicted octanol–water partition coefficient (Wildman–Crippen LogP) is 2.24. The molecule has 1 heterocycles. The van der Waals surface area contributed by atoms with Crippen molar-refractivity contribution in [1.29, 1.82) is 0 Å². The molecule has 0 saturated carbocycles. The number of thiazole rings is 1. The van der Waals surface area contributed by atoms with E-state index < -0.39 is 10.0 Å². The fourth-order valence-corrected chi connectivity index (χ4v) is 3.56. The Morgan fingerprint density at radius 3 is 2.65 bits per heavy atom. The first kappa shape index (κ1) is 15.2. The van der Waals surface area contributed by atoms with Crippen LogP contribution in [0.25, 0.3) is 0 Å². The molecular formula is C14H18N2O2S2. The average Bonchev–Trinajstić information content (AvgIpc) is 2.93. The Morgan fingerprint density at radius 2 is 1.95 bits per heavy atom. The van der Waals surface area contributed by atoms with E-state index in [1.165, 1.54) is 5.56 Å². The van der Waals surface area contributed by atoms with Crippen molar-refractivity contribution >= 4 is 21.4 Å². The van der Waals surface area contributed by atoms with E-state index in [0.717, 1.165) is 11.3 Å². The van der Waals surface area contributed by atoms with E-state index in [0.29, 0.717) is 19.4 Å². The number of aryl methyl sites for hydroxylation is 1. The van der Waals surface area contributed by atoms with Crippen molar-refractivity contribution in [2.24, 2.45) is 0 Å². The van der Waals surface area contributed by atoms with Gasteiger partial charge < -0.3 is 0 Å². The lowest BCUT2D eigenvalue weighted by Crippen LogP contribution is -2.28. The van der Waals surface area contributed by atoms with E-state index in [-0.39, 0.29) is 5.75 Å². The molecule has 0 unspecified atom stereocenters. The third-order valence-electron chi connectivity index (χ3n) is 2.90. The van der Waals surface area contributed by atoms with Gasteiger partial charge in [0.1, 0.15) is 0 Å². The van der Waals surface area contributed by atoms with Crippen LogP contribution in [-0.4, -0.2) is 25.7 Å². The largest absolute Gasteiger partial charge is 0.253 e. The molecule has 0 saturated heterocycles. The zero-order valence-corrected chi connectivity index (χ0v) is 12.8. The number of nitrogens with one attached hydrogen (secondary N) is 1. The van der Waals surface area contributed by atoms with Gasteiger partial charge in [-0.25, -0.2) is 13.1 Å². The summed E-state index contributed by atoms with van der Waals surface area (Å²) < 4.78 is 26.3. The summed E-state index contributed by atoms with van der Waals surface area (Å²) >= 11 is 1.54. The second-order valence-electron chi connectivity index (χ2n) is 4.52. The highest BCUT2D eigenvalue weighted by molar-refractivity contribution is 7.89. The van der Waals surface area contributed by atoms with Crippen LogP contribution in [0.1, 0.15) is 16.9 Å². The molecule has 0 atom stereocenters. The second-order valence-corrected chi connectivity index (χ2v) is 7.42. The number of nitrogens with zero attached hydrogens (tertiary/aromatic N) is 1. The van der Waals surface area contributed by atoms with Crippen molar-refractivity contribution in [3.8, 4) is 0 Å². The summed E-state index contributed by atoms with van der Waals surface area (Å²) in [5.41, 5.74) is 2.93. The van der Waals surface area contributed by atoms with Crippen LogP contribution in [0, 0.1) is 0 Å². The summed E-state index contributed by atoms with van der Waals surface area (Å²) in [4.78, 5) is 5.06. The molecular weight excluding hydrogens is 292 g/mol. The number of sulfonamides is 1. The molecule has 0 spiro atoms. The smallest absolute Gasteiger partial charge is 0.211 e. The van der Waals surface area contributed by atoms with Gasteiger partial charge in [0.05, 0.1) is 11.3 Å². The normalized spacial score (nSPS) is 11.6. The van der Waals surface area contributed by atoms with E-state index in [9.17, 15) is 8.42 Å². The Bertz CT molecular complexity index is 595. The third kappa shape index (κ3) is 5.40. The average molecular weight is 310 g/mol. The number of aromatic nitrogens is 1. The van der Waals surface area contributed by atoms with Gasteiger partial charge in [-0.1, -0.05) is 30.3 Å². The minimum Gasteiger partial charge on any atom is -0.253 e. The second kappa shape index (κ2) is 7.52.